The predicted molar refractivity (Wildman–Crippen MR) is 166 cm³/mol. The first-order valence-electron chi connectivity index (χ1n) is 12.9. The Morgan fingerprint density at radius 1 is 0.878 bits per heavy atom. The van der Waals surface area contributed by atoms with Crippen molar-refractivity contribution >= 4 is 73.9 Å². The van der Waals surface area contributed by atoms with Crippen LogP contribution in [-0.4, -0.2) is 44.3 Å². The topological polar surface area (TPSA) is 86.8 Å². The molecule has 12 heteroatoms. The minimum atomic E-state index is -4.26. The number of amides is 2. The highest BCUT2D eigenvalue weighted by molar-refractivity contribution is 7.92. The minimum absolute atomic E-state index is 0.0170. The van der Waals surface area contributed by atoms with Crippen LogP contribution < -0.4 is 9.62 Å². The van der Waals surface area contributed by atoms with Crippen LogP contribution in [0.1, 0.15) is 32.8 Å². The van der Waals surface area contributed by atoms with E-state index in [1.807, 2.05) is 13.8 Å². The molecule has 0 aliphatic rings. The lowest BCUT2D eigenvalue weighted by Gasteiger charge is -2.33. The van der Waals surface area contributed by atoms with E-state index in [0.717, 1.165) is 4.31 Å². The van der Waals surface area contributed by atoms with Crippen LogP contribution in [0.15, 0.2) is 71.6 Å². The van der Waals surface area contributed by atoms with E-state index in [1.54, 1.807) is 43.3 Å². The van der Waals surface area contributed by atoms with Gasteiger partial charge in [-0.05, 0) is 60.4 Å². The standard InChI is InChI=1S/C29H31Cl4N3O4S/c1-4-26(29(38)34-16-19(2)3)35(17-20-10-12-23(31)24(32)14-20)28(37)18-36(27-13-11-21(30)15-25(27)33)41(39,40)22-8-6-5-7-9-22/h5-15,19,26H,4,16-18H2,1-3H3,(H,34,38)/t26-/m0/s1. The summed E-state index contributed by atoms with van der Waals surface area (Å²) in [5.41, 5.74) is 0.685. The van der Waals surface area contributed by atoms with Crippen LogP contribution in [0.2, 0.25) is 20.1 Å². The van der Waals surface area contributed by atoms with Gasteiger partial charge in [0.05, 0.1) is 25.7 Å². The van der Waals surface area contributed by atoms with E-state index in [-0.39, 0.29) is 45.4 Å². The molecule has 3 rings (SSSR count). The molecule has 0 aromatic heterocycles. The summed E-state index contributed by atoms with van der Waals surface area (Å²) in [5.74, 6) is -0.779. The van der Waals surface area contributed by atoms with Crippen molar-refractivity contribution in [3.63, 3.8) is 0 Å². The lowest BCUT2D eigenvalue weighted by atomic mass is 10.1. The Bertz CT molecular complexity index is 1490. The smallest absolute Gasteiger partial charge is 0.264 e. The maximum Gasteiger partial charge on any atom is 0.264 e. The predicted octanol–water partition coefficient (Wildman–Crippen LogP) is 7.08. The highest BCUT2D eigenvalue weighted by Crippen LogP contribution is 2.33. The van der Waals surface area contributed by atoms with Crippen molar-refractivity contribution in [2.45, 2.75) is 44.7 Å². The van der Waals surface area contributed by atoms with Crippen LogP contribution in [-0.2, 0) is 26.2 Å². The molecule has 7 nitrogen and oxygen atoms in total. The van der Waals surface area contributed by atoms with Gasteiger partial charge in [0.1, 0.15) is 12.6 Å². The zero-order valence-electron chi connectivity index (χ0n) is 22.8. The van der Waals surface area contributed by atoms with E-state index in [9.17, 15) is 18.0 Å². The van der Waals surface area contributed by atoms with Crippen LogP contribution in [0.4, 0.5) is 5.69 Å². The Morgan fingerprint density at radius 3 is 2.15 bits per heavy atom. The highest BCUT2D eigenvalue weighted by atomic mass is 35.5. The van der Waals surface area contributed by atoms with Crippen LogP contribution in [0.5, 0.6) is 0 Å². The van der Waals surface area contributed by atoms with Crippen LogP contribution in [0.3, 0.4) is 0 Å². The van der Waals surface area contributed by atoms with Crippen molar-refractivity contribution in [2.75, 3.05) is 17.4 Å². The fraction of sp³-hybridized carbons (Fsp3) is 0.310. The molecule has 0 unspecified atom stereocenters. The molecule has 0 spiro atoms. The Morgan fingerprint density at radius 2 is 1.56 bits per heavy atom. The van der Waals surface area contributed by atoms with Crippen LogP contribution in [0.25, 0.3) is 0 Å². The summed E-state index contributed by atoms with van der Waals surface area (Å²) >= 11 is 24.8. The number of benzene rings is 3. The number of rotatable bonds is 12. The van der Waals surface area contributed by atoms with Gasteiger partial charge in [-0.1, -0.05) is 91.4 Å². The number of nitrogens with one attached hydrogen (secondary N) is 1. The van der Waals surface area contributed by atoms with E-state index in [0.29, 0.717) is 22.2 Å². The molecular formula is C29H31Cl4N3O4S. The average Bonchev–Trinajstić information content (AvgIpc) is 2.93. The number of carbonyl (C=O) groups is 2. The molecule has 0 fully saturated rings. The van der Waals surface area contributed by atoms with Gasteiger partial charge < -0.3 is 10.2 Å². The molecule has 220 valence electrons. The third kappa shape index (κ3) is 8.52. The molecule has 0 aliphatic carbocycles. The second kappa shape index (κ2) is 14.6. The first kappa shape index (κ1) is 33.0. The van der Waals surface area contributed by atoms with Crippen molar-refractivity contribution in [2.24, 2.45) is 5.92 Å². The Labute approximate surface area is 261 Å². The van der Waals surface area contributed by atoms with Crippen molar-refractivity contribution < 1.29 is 18.0 Å². The zero-order chi connectivity index (χ0) is 30.3. The third-order valence-electron chi connectivity index (χ3n) is 6.20. The average molecular weight is 659 g/mol. The summed E-state index contributed by atoms with van der Waals surface area (Å²) in [4.78, 5) is 28.7. The Hall–Kier alpha value is -2.49. The van der Waals surface area contributed by atoms with Crippen LogP contribution in [0, 0.1) is 5.92 Å². The lowest BCUT2D eigenvalue weighted by Crippen LogP contribution is -2.52. The van der Waals surface area contributed by atoms with Gasteiger partial charge in [-0.2, -0.15) is 0 Å². The lowest BCUT2D eigenvalue weighted by molar-refractivity contribution is -0.140. The third-order valence-corrected chi connectivity index (χ3v) is 9.25. The van der Waals surface area contributed by atoms with Gasteiger partial charge in [0, 0.05) is 18.1 Å². The van der Waals surface area contributed by atoms with Crippen molar-refractivity contribution in [3.05, 3.63) is 92.4 Å². The first-order valence-corrected chi connectivity index (χ1v) is 15.8. The second-order valence-corrected chi connectivity index (χ2v) is 13.3. The largest absolute Gasteiger partial charge is 0.354 e. The quantitative estimate of drug-likeness (QED) is 0.225. The Balaban J connectivity index is 2.08. The number of hydrogen-bond acceptors (Lipinski definition) is 4. The zero-order valence-corrected chi connectivity index (χ0v) is 26.6. The molecule has 41 heavy (non-hydrogen) atoms. The summed E-state index contributed by atoms with van der Waals surface area (Å²) in [6.45, 7) is 5.47. The first-order chi connectivity index (χ1) is 19.3. The molecule has 3 aromatic rings. The molecular weight excluding hydrogens is 628 g/mol. The van der Waals surface area contributed by atoms with E-state index in [2.05, 4.69) is 5.32 Å². The Kier molecular flexibility index (Phi) is 11.8. The second-order valence-electron chi connectivity index (χ2n) is 9.75. The molecule has 2 amide bonds. The van der Waals surface area contributed by atoms with Gasteiger partial charge in [-0.3, -0.25) is 13.9 Å². The number of halogens is 4. The van der Waals surface area contributed by atoms with Gasteiger partial charge >= 0.3 is 0 Å². The van der Waals surface area contributed by atoms with Crippen molar-refractivity contribution in [1.29, 1.82) is 0 Å². The molecule has 1 atom stereocenters. The maximum absolute atomic E-state index is 14.1. The number of carbonyl (C=O) groups excluding carboxylic acids is 2. The van der Waals surface area contributed by atoms with E-state index in [4.69, 9.17) is 46.4 Å². The summed E-state index contributed by atoms with van der Waals surface area (Å²) in [7, 11) is -4.26. The van der Waals surface area contributed by atoms with Crippen molar-refractivity contribution in [3.8, 4) is 0 Å². The fourth-order valence-electron chi connectivity index (χ4n) is 4.09. The fourth-order valence-corrected chi connectivity index (χ4v) is 6.43. The van der Waals surface area contributed by atoms with Crippen molar-refractivity contribution in [1.82, 2.24) is 10.2 Å². The molecule has 0 saturated carbocycles. The van der Waals surface area contributed by atoms with Gasteiger partial charge in [-0.25, -0.2) is 8.42 Å². The van der Waals surface area contributed by atoms with Gasteiger partial charge in [0.25, 0.3) is 10.0 Å². The molecule has 0 aliphatic heterocycles. The molecule has 3 aromatic carbocycles. The van der Waals surface area contributed by atoms with Gasteiger partial charge in [0.2, 0.25) is 11.8 Å². The van der Waals surface area contributed by atoms with E-state index >= 15 is 0 Å². The number of nitrogens with zero attached hydrogens (tertiary/aromatic N) is 2. The number of sulfonamides is 1. The minimum Gasteiger partial charge on any atom is -0.354 e. The van der Waals surface area contributed by atoms with E-state index in [1.165, 1.54) is 35.2 Å². The van der Waals surface area contributed by atoms with Gasteiger partial charge in [0.15, 0.2) is 0 Å². The molecule has 0 heterocycles. The monoisotopic (exact) mass is 657 g/mol. The number of hydrogen-bond donors (Lipinski definition) is 1. The van der Waals surface area contributed by atoms with Crippen LogP contribution >= 0.6 is 46.4 Å². The summed E-state index contributed by atoms with van der Waals surface area (Å²) in [5, 5.41) is 3.86. The highest BCUT2D eigenvalue weighted by Gasteiger charge is 2.34. The molecule has 0 radical (unpaired) electrons. The molecule has 0 saturated heterocycles. The normalized spacial score (nSPS) is 12.2. The van der Waals surface area contributed by atoms with E-state index < -0.39 is 28.5 Å². The summed E-state index contributed by atoms with van der Waals surface area (Å²) in [6, 6.07) is 16.0. The summed E-state index contributed by atoms with van der Waals surface area (Å²) in [6.07, 6.45) is 0.282. The SMILES string of the molecule is CC[C@@H](C(=O)NCC(C)C)N(Cc1ccc(Cl)c(Cl)c1)C(=O)CN(c1ccc(Cl)cc1Cl)S(=O)(=O)c1ccccc1. The molecule has 0 bridgehead atoms. The van der Waals surface area contributed by atoms with Gasteiger partial charge in [-0.15, -0.1) is 0 Å². The molecule has 1 N–H and O–H groups in total. The summed E-state index contributed by atoms with van der Waals surface area (Å²) < 4.78 is 28.7. The maximum atomic E-state index is 14.1. The number of anilines is 1.